The largest absolute Gasteiger partial charge is 0.496 e. The summed E-state index contributed by atoms with van der Waals surface area (Å²) in [6.45, 7) is 1.34. The van der Waals surface area contributed by atoms with Crippen LogP contribution in [0.2, 0.25) is 0 Å². The number of rotatable bonds is 8. The molecule has 0 saturated carbocycles. The monoisotopic (exact) mass is 500 g/mol. The number of aliphatic imine (C=N–C) groups is 1. The molecule has 0 fully saturated rings. The average molecular weight is 500 g/mol. The Kier molecular flexibility index (Phi) is 10.8. The molecule has 5 nitrogen and oxygen atoms in total. The second-order valence-electron chi connectivity index (χ2n) is 6.48. The van der Waals surface area contributed by atoms with Crippen molar-refractivity contribution >= 4 is 29.9 Å². The molecule has 0 aliphatic carbocycles. The van der Waals surface area contributed by atoms with Crippen molar-refractivity contribution in [2.45, 2.75) is 12.5 Å². The molecule has 2 aromatic rings. The summed E-state index contributed by atoms with van der Waals surface area (Å²) in [4.78, 5) is 6.42. The number of guanidine groups is 1. The minimum atomic E-state index is -0.208. The number of para-hydroxylation sites is 1. The fraction of sp³-hybridized carbons (Fsp3) is 0.381. The van der Waals surface area contributed by atoms with E-state index < -0.39 is 0 Å². The number of methoxy groups -OCH3 is 1. The standard InChI is InChI=1S/C21H29FN4O.HI/c1-23-21(24-13-12-16-8-7-9-17(22)14-16)25-15-19(26(2)3)18-10-5-6-11-20(18)27-4;/h5-11,14,19H,12-13,15H2,1-4H3,(H2,23,24,25);1H. The zero-order chi connectivity index (χ0) is 19.6. The molecule has 7 heteroatoms. The maximum Gasteiger partial charge on any atom is 0.191 e. The number of nitrogens with one attached hydrogen (secondary N) is 2. The van der Waals surface area contributed by atoms with Crippen LogP contribution in [0.25, 0.3) is 0 Å². The fourth-order valence-corrected chi connectivity index (χ4v) is 2.94. The first-order valence-electron chi connectivity index (χ1n) is 9.03. The van der Waals surface area contributed by atoms with Gasteiger partial charge in [0.15, 0.2) is 5.96 Å². The maximum atomic E-state index is 13.3. The molecule has 2 rings (SSSR count). The average Bonchev–Trinajstić information content (AvgIpc) is 2.67. The van der Waals surface area contributed by atoms with E-state index in [9.17, 15) is 4.39 Å². The third-order valence-electron chi connectivity index (χ3n) is 4.40. The summed E-state index contributed by atoms with van der Waals surface area (Å²) in [6, 6.07) is 14.8. The van der Waals surface area contributed by atoms with Crippen molar-refractivity contribution in [3.8, 4) is 5.75 Å². The molecule has 0 saturated heterocycles. The van der Waals surface area contributed by atoms with E-state index in [-0.39, 0.29) is 35.8 Å². The number of nitrogens with zero attached hydrogens (tertiary/aromatic N) is 2. The van der Waals surface area contributed by atoms with E-state index in [4.69, 9.17) is 4.74 Å². The van der Waals surface area contributed by atoms with Crippen LogP contribution >= 0.6 is 24.0 Å². The molecule has 28 heavy (non-hydrogen) atoms. The Morgan fingerprint density at radius 2 is 1.89 bits per heavy atom. The van der Waals surface area contributed by atoms with Crippen LogP contribution < -0.4 is 15.4 Å². The first-order valence-corrected chi connectivity index (χ1v) is 9.03. The summed E-state index contributed by atoms with van der Waals surface area (Å²) in [5, 5.41) is 6.64. The molecular weight excluding hydrogens is 470 g/mol. The van der Waals surface area contributed by atoms with Gasteiger partial charge in [-0.2, -0.15) is 0 Å². The van der Waals surface area contributed by atoms with E-state index in [0.29, 0.717) is 19.0 Å². The second-order valence-corrected chi connectivity index (χ2v) is 6.48. The number of benzene rings is 2. The third kappa shape index (κ3) is 7.27. The lowest BCUT2D eigenvalue weighted by atomic mass is 10.0. The van der Waals surface area contributed by atoms with E-state index in [1.807, 2.05) is 38.4 Å². The molecule has 0 heterocycles. The fourth-order valence-electron chi connectivity index (χ4n) is 2.94. The van der Waals surface area contributed by atoms with Gasteiger partial charge in [0.2, 0.25) is 0 Å². The van der Waals surface area contributed by atoms with E-state index in [2.05, 4.69) is 26.6 Å². The van der Waals surface area contributed by atoms with Gasteiger partial charge in [0, 0.05) is 25.7 Å². The number of hydrogen-bond donors (Lipinski definition) is 2. The molecule has 2 aromatic carbocycles. The van der Waals surface area contributed by atoms with Crippen molar-refractivity contribution in [1.29, 1.82) is 0 Å². The third-order valence-corrected chi connectivity index (χ3v) is 4.40. The van der Waals surface area contributed by atoms with Crippen LogP contribution in [0.5, 0.6) is 5.75 Å². The smallest absolute Gasteiger partial charge is 0.191 e. The summed E-state index contributed by atoms with van der Waals surface area (Å²) in [5.41, 5.74) is 2.07. The van der Waals surface area contributed by atoms with Crippen molar-refractivity contribution in [2.75, 3.05) is 41.3 Å². The summed E-state index contributed by atoms with van der Waals surface area (Å²) >= 11 is 0. The van der Waals surface area contributed by atoms with Crippen molar-refractivity contribution in [3.63, 3.8) is 0 Å². The molecule has 2 N–H and O–H groups in total. The molecular formula is C21H30FIN4O. The van der Waals surface area contributed by atoms with Gasteiger partial charge in [-0.25, -0.2) is 4.39 Å². The van der Waals surface area contributed by atoms with Gasteiger partial charge in [0.25, 0.3) is 0 Å². The summed E-state index contributed by atoms with van der Waals surface area (Å²) < 4.78 is 18.8. The van der Waals surface area contributed by atoms with Gasteiger partial charge in [0.05, 0.1) is 13.2 Å². The Morgan fingerprint density at radius 1 is 1.14 bits per heavy atom. The van der Waals surface area contributed by atoms with Crippen molar-refractivity contribution < 1.29 is 9.13 Å². The van der Waals surface area contributed by atoms with Gasteiger partial charge in [-0.1, -0.05) is 30.3 Å². The Labute approximate surface area is 184 Å². The van der Waals surface area contributed by atoms with Crippen LogP contribution in [0, 0.1) is 5.82 Å². The van der Waals surface area contributed by atoms with E-state index in [0.717, 1.165) is 23.3 Å². The number of hydrogen-bond acceptors (Lipinski definition) is 3. The lowest BCUT2D eigenvalue weighted by Gasteiger charge is -2.27. The minimum Gasteiger partial charge on any atom is -0.496 e. The maximum absolute atomic E-state index is 13.3. The Hall–Kier alpha value is -1.87. The first-order chi connectivity index (χ1) is 13.0. The van der Waals surface area contributed by atoms with Crippen LogP contribution in [-0.2, 0) is 6.42 Å². The van der Waals surface area contributed by atoms with Crippen molar-refractivity contribution in [1.82, 2.24) is 15.5 Å². The molecule has 0 aliphatic heterocycles. The predicted molar refractivity (Wildman–Crippen MR) is 124 cm³/mol. The van der Waals surface area contributed by atoms with Gasteiger partial charge in [0.1, 0.15) is 11.6 Å². The van der Waals surface area contributed by atoms with Crippen LogP contribution in [0.3, 0.4) is 0 Å². The molecule has 0 amide bonds. The zero-order valence-corrected chi connectivity index (χ0v) is 19.2. The molecule has 0 spiro atoms. The van der Waals surface area contributed by atoms with Crippen molar-refractivity contribution in [2.24, 2.45) is 4.99 Å². The minimum absolute atomic E-state index is 0. The van der Waals surface area contributed by atoms with Gasteiger partial charge in [-0.3, -0.25) is 4.99 Å². The Morgan fingerprint density at radius 3 is 2.54 bits per heavy atom. The Balaban J connectivity index is 0.00000392. The molecule has 0 aliphatic rings. The lowest BCUT2D eigenvalue weighted by molar-refractivity contribution is 0.288. The number of halogens is 2. The van der Waals surface area contributed by atoms with Gasteiger partial charge < -0.3 is 20.3 Å². The molecule has 1 atom stereocenters. The second kappa shape index (κ2) is 12.6. The zero-order valence-electron chi connectivity index (χ0n) is 16.9. The van der Waals surface area contributed by atoms with Crippen molar-refractivity contribution in [3.05, 3.63) is 65.5 Å². The molecule has 154 valence electrons. The van der Waals surface area contributed by atoms with Gasteiger partial charge in [-0.05, 0) is 44.3 Å². The van der Waals surface area contributed by atoms with Gasteiger partial charge in [-0.15, -0.1) is 24.0 Å². The summed E-state index contributed by atoms with van der Waals surface area (Å²) in [7, 11) is 7.51. The first kappa shape index (κ1) is 24.2. The highest BCUT2D eigenvalue weighted by molar-refractivity contribution is 14.0. The van der Waals surface area contributed by atoms with Crippen LogP contribution in [0.1, 0.15) is 17.2 Å². The van der Waals surface area contributed by atoms with E-state index in [1.54, 1.807) is 26.3 Å². The van der Waals surface area contributed by atoms with E-state index >= 15 is 0 Å². The number of ether oxygens (including phenoxy) is 1. The SMILES string of the molecule is CN=C(NCCc1cccc(F)c1)NCC(c1ccccc1OC)N(C)C.I. The molecule has 0 bridgehead atoms. The van der Waals surface area contributed by atoms with Gasteiger partial charge >= 0.3 is 0 Å². The quantitative estimate of drug-likeness (QED) is 0.331. The van der Waals surface area contributed by atoms with Crippen LogP contribution in [0.4, 0.5) is 4.39 Å². The predicted octanol–water partition coefficient (Wildman–Crippen LogP) is 3.46. The Bertz CT molecular complexity index is 755. The molecule has 0 aromatic heterocycles. The van der Waals surface area contributed by atoms with Crippen LogP contribution in [-0.4, -0.2) is 52.2 Å². The normalized spacial score (nSPS) is 12.3. The topological polar surface area (TPSA) is 48.9 Å². The summed E-state index contributed by atoms with van der Waals surface area (Å²) in [6.07, 6.45) is 0.724. The number of likely N-dealkylation sites (N-methyl/N-ethyl adjacent to an activating group) is 1. The highest BCUT2D eigenvalue weighted by Gasteiger charge is 2.18. The molecule has 1 unspecified atom stereocenters. The lowest BCUT2D eigenvalue weighted by Crippen LogP contribution is -2.42. The van der Waals surface area contributed by atoms with Crippen LogP contribution in [0.15, 0.2) is 53.5 Å². The van der Waals surface area contributed by atoms with E-state index in [1.165, 1.54) is 6.07 Å². The highest BCUT2D eigenvalue weighted by Crippen LogP contribution is 2.27. The summed E-state index contributed by atoms with van der Waals surface area (Å²) in [5.74, 6) is 1.38. The highest BCUT2D eigenvalue weighted by atomic mass is 127. The molecule has 0 radical (unpaired) electrons.